The maximum absolute atomic E-state index is 13.3. The van der Waals surface area contributed by atoms with Crippen LogP contribution in [-0.2, 0) is 14.3 Å². The average molecular weight is 497 g/mol. The van der Waals surface area contributed by atoms with Crippen molar-refractivity contribution >= 4 is 18.0 Å². The second-order valence-corrected chi connectivity index (χ2v) is 10.0. The van der Waals surface area contributed by atoms with Gasteiger partial charge in [0.05, 0.1) is 24.0 Å². The molecule has 2 saturated heterocycles. The number of hydrogen-bond donors (Lipinski definition) is 0. The molecular weight excluding hydrogens is 467 g/mol. The molecule has 0 saturated carbocycles. The van der Waals surface area contributed by atoms with Gasteiger partial charge in [0, 0.05) is 26.3 Å². The predicted octanol–water partition coefficient (Wildman–Crippen LogP) is 2.87. The zero-order valence-electron chi connectivity index (χ0n) is 21.0. The van der Waals surface area contributed by atoms with Crippen molar-refractivity contribution in [3.8, 4) is 5.82 Å². The van der Waals surface area contributed by atoms with Crippen LogP contribution in [-0.4, -0.2) is 78.7 Å². The van der Waals surface area contributed by atoms with E-state index in [0.29, 0.717) is 37.4 Å². The second-order valence-electron chi connectivity index (χ2n) is 10.0. The number of aromatic nitrogens is 3. The summed E-state index contributed by atoms with van der Waals surface area (Å²) >= 11 is 0. The summed E-state index contributed by atoms with van der Waals surface area (Å²) in [6, 6.07) is 3.02. The molecule has 1 amide bonds. The van der Waals surface area contributed by atoms with E-state index in [0.717, 1.165) is 11.8 Å². The fraction of sp³-hybridized carbons (Fsp3) is 0.480. The van der Waals surface area contributed by atoms with Crippen LogP contribution in [0.5, 0.6) is 0 Å². The number of ether oxygens (including phenoxy) is 1. The van der Waals surface area contributed by atoms with Crippen LogP contribution in [0.3, 0.4) is 0 Å². The molecule has 0 aromatic carbocycles. The van der Waals surface area contributed by atoms with Gasteiger partial charge in [-0.05, 0) is 52.2 Å². The summed E-state index contributed by atoms with van der Waals surface area (Å²) < 4.78 is 20.1. The molecule has 0 radical (unpaired) electrons. The van der Waals surface area contributed by atoms with Crippen LogP contribution in [0.1, 0.15) is 52.1 Å². The minimum atomic E-state index is -0.804. The number of carbonyl (C=O) groups is 1. The zero-order chi connectivity index (χ0) is 26.3. The Morgan fingerprint density at radius 2 is 1.86 bits per heavy atom. The Morgan fingerprint density at radius 3 is 2.36 bits per heavy atom. The van der Waals surface area contributed by atoms with Crippen LogP contribution in [0, 0.1) is 5.82 Å². The number of halogens is 1. The maximum Gasteiger partial charge on any atom is 0.410 e. The molecule has 0 N–H and O–H groups in total. The number of likely N-dealkylation sites (N-methyl/N-ethyl adjacent to an activating group) is 1. The molecule has 4 rings (SSSR count). The molecule has 0 bridgehead atoms. The van der Waals surface area contributed by atoms with E-state index in [4.69, 9.17) is 4.74 Å². The summed E-state index contributed by atoms with van der Waals surface area (Å²) in [5, 5.41) is 3.91. The fourth-order valence-electron chi connectivity index (χ4n) is 4.81. The van der Waals surface area contributed by atoms with Crippen molar-refractivity contribution in [1.82, 2.24) is 29.5 Å². The van der Waals surface area contributed by atoms with E-state index < -0.39 is 29.1 Å². The molecule has 1 spiro atoms. The number of piperidine rings is 1. The highest BCUT2D eigenvalue weighted by Crippen LogP contribution is 2.48. The smallest absolute Gasteiger partial charge is 0.410 e. The van der Waals surface area contributed by atoms with Crippen LogP contribution in [0.15, 0.2) is 42.2 Å². The molecule has 2 aliphatic rings. The molecule has 10 nitrogen and oxygen atoms in total. The Hall–Kier alpha value is -3.94. The molecule has 0 unspecified atom stereocenters. The van der Waals surface area contributed by atoms with Crippen molar-refractivity contribution in [3.05, 3.63) is 53.6 Å². The first kappa shape index (κ1) is 25.2. The van der Waals surface area contributed by atoms with E-state index in [2.05, 4.69) is 16.0 Å². The van der Waals surface area contributed by atoms with Gasteiger partial charge in [-0.2, -0.15) is 5.10 Å². The van der Waals surface area contributed by atoms with Gasteiger partial charge in [-0.25, -0.2) is 28.4 Å². The van der Waals surface area contributed by atoms with Gasteiger partial charge in [-0.15, -0.1) is 0 Å². The van der Waals surface area contributed by atoms with Gasteiger partial charge in [0.1, 0.15) is 17.2 Å². The molecule has 0 aliphatic carbocycles. The molecule has 2 fully saturated rings. The molecule has 1 atom stereocenters. The molecule has 11 heteroatoms. The summed E-state index contributed by atoms with van der Waals surface area (Å²) in [7, 11) is 1.75. The van der Waals surface area contributed by atoms with Gasteiger partial charge in [0.2, 0.25) is 0 Å². The quantitative estimate of drug-likeness (QED) is 0.598. The number of likely N-dealkylation sites (tertiary alicyclic amines) is 1. The third-order valence-electron chi connectivity index (χ3n) is 6.73. The number of rotatable bonds is 3. The monoisotopic (exact) mass is 496 g/mol. The first-order chi connectivity index (χ1) is 17.0. The Balaban J connectivity index is 1.58. The highest BCUT2D eigenvalue weighted by Gasteiger charge is 2.54. The van der Waals surface area contributed by atoms with Crippen LogP contribution >= 0.6 is 0 Å². The first-order valence-electron chi connectivity index (χ1n) is 11.7. The third kappa shape index (κ3) is 4.39. The lowest BCUT2D eigenvalue weighted by atomic mass is 9.84. The van der Waals surface area contributed by atoms with E-state index in [9.17, 15) is 18.8 Å². The Labute approximate surface area is 208 Å². The fourth-order valence-corrected chi connectivity index (χ4v) is 4.81. The number of hydrogen-bond acceptors (Lipinski definition) is 8. The molecule has 190 valence electrons. The van der Waals surface area contributed by atoms with Crippen LogP contribution in [0.25, 0.3) is 5.82 Å². The number of carbonyl (C=O) groups excluding carboxylic acids is 3. The van der Waals surface area contributed by atoms with E-state index >= 15 is 0 Å². The molecular formula is C25H29FN6O4. The highest BCUT2D eigenvalue weighted by atomic mass is 19.1. The van der Waals surface area contributed by atoms with Gasteiger partial charge < -0.3 is 19.4 Å². The Kier molecular flexibility index (Phi) is 6.47. The van der Waals surface area contributed by atoms with E-state index in [-0.39, 0.29) is 5.82 Å². The predicted molar refractivity (Wildman–Crippen MR) is 128 cm³/mol. The topological polar surface area (TPSA) is 101 Å². The molecule has 2 aliphatic heterocycles. The van der Waals surface area contributed by atoms with Crippen molar-refractivity contribution in [3.63, 3.8) is 0 Å². The largest absolute Gasteiger partial charge is 0.444 e. The van der Waals surface area contributed by atoms with Gasteiger partial charge in [0.25, 0.3) is 0 Å². The maximum atomic E-state index is 13.3. The summed E-state index contributed by atoms with van der Waals surface area (Å²) in [6.07, 6.45) is 4.34. The second kappa shape index (κ2) is 9.26. The Morgan fingerprint density at radius 1 is 1.17 bits per heavy atom. The van der Waals surface area contributed by atoms with Gasteiger partial charge >= 0.3 is 6.09 Å². The summed E-state index contributed by atoms with van der Waals surface area (Å²) in [5.74, 6) is 4.24. The molecule has 36 heavy (non-hydrogen) atoms. The summed E-state index contributed by atoms with van der Waals surface area (Å²) in [4.78, 5) is 46.3. The zero-order valence-corrected chi connectivity index (χ0v) is 21.0. The summed E-state index contributed by atoms with van der Waals surface area (Å²) in [6.45, 7) is 7.99. The normalized spacial score (nSPS) is 18.3. The lowest BCUT2D eigenvalue weighted by Gasteiger charge is -2.42. The molecule has 2 aromatic heterocycles. The standard InChI is InChI=1S/C25H29FN6O4/c1-17(18-6-7-21(27-12-18)31-14-19(26)13-28-31)32-20(15-33)25(29(5)22(32)16-34)8-10-30(11-9-25)23(35)36-24(2,3)4/h6-7,12-14,17H,8-11H2,1-5H3/t17-/m0/s1. The first-order valence-corrected chi connectivity index (χ1v) is 11.7. The number of pyridine rings is 1. The molecule has 4 heterocycles. The Bertz CT molecular complexity index is 1250. The lowest BCUT2D eigenvalue weighted by Crippen LogP contribution is -2.53. The third-order valence-corrected chi connectivity index (χ3v) is 6.73. The van der Waals surface area contributed by atoms with Crippen molar-refractivity contribution in [2.24, 2.45) is 0 Å². The van der Waals surface area contributed by atoms with E-state index in [1.54, 1.807) is 40.1 Å². The SMILES string of the molecule is C[C@@H](c1ccc(-n2cc(F)cn2)nc1)N1C(=C=O)N(C)C2(CCN(C(=O)OC(C)(C)C)CC2)C1=C=O. The van der Waals surface area contributed by atoms with Crippen molar-refractivity contribution in [2.75, 3.05) is 20.1 Å². The van der Waals surface area contributed by atoms with Crippen LogP contribution < -0.4 is 0 Å². The summed E-state index contributed by atoms with van der Waals surface area (Å²) in [5.41, 5.74) is -0.373. The van der Waals surface area contributed by atoms with Crippen molar-refractivity contribution in [1.29, 1.82) is 0 Å². The van der Waals surface area contributed by atoms with Crippen molar-refractivity contribution < 1.29 is 23.5 Å². The average Bonchev–Trinajstić information content (AvgIpc) is 3.37. The number of nitrogens with zero attached hydrogens (tertiary/aromatic N) is 6. The van der Waals surface area contributed by atoms with Gasteiger partial charge in [-0.1, -0.05) is 6.07 Å². The highest BCUT2D eigenvalue weighted by molar-refractivity contribution is 5.69. The van der Waals surface area contributed by atoms with E-state index in [1.807, 2.05) is 33.6 Å². The van der Waals surface area contributed by atoms with E-state index in [1.165, 1.54) is 10.9 Å². The van der Waals surface area contributed by atoms with Crippen LogP contribution in [0.4, 0.5) is 9.18 Å². The minimum Gasteiger partial charge on any atom is -0.444 e. The molecule has 2 aromatic rings. The van der Waals surface area contributed by atoms with Gasteiger partial charge in [0.15, 0.2) is 23.4 Å². The van der Waals surface area contributed by atoms with Gasteiger partial charge in [-0.3, -0.25) is 0 Å². The van der Waals surface area contributed by atoms with Crippen LogP contribution in [0.2, 0.25) is 0 Å². The number of amides is 1. The lowest BCUT2D eigenvalue weighted by molar-refractivity contribution is 0.0121. The van der Waals surface area contributed by atoms with Crippen molar-refractivity contribution in [2.45, 2.75) is 57.7 Å². The minimum absolute atomic E-state index is 0.213.